The highest BCUT2D eigenvalue weighted by molar-refractivity contribution is 7.44. The van der Waals surface area contributed by atoms with Gasteiger partial charge in [0.15, 0.2) is 0 Å². The lowest BCUT2D eigenvalue weighted by Gasteiger charge is -2.39. The second-order valence-electron chi connectivity index (χ2n) is 13.3. The van der Waals surface area contributed by atoms with Crippen molar-refractivity contribution in [3.63, 3.8) is 0 Å². The van der Waals surface area contributed by atoms with E-state index in [0.29, 0.717) is 11.5 Å². The summed E-state index contributed by atoms with van der Waals surface area (Å²) in [6.07, 6.45) is -0.103. The standard InChI is InChI=1S/C40H49N4O8P/c1-28(2)44(29(3)4)53(50-25-11-23-41)52-35-26-38(43-24-22-37(45)42(5)39(43)46)51-36(35)27-49-40(30-12-9-8-10-13-30,31-14-18-33(47-6)19-15-31)32-16-20-34(48-7)21-17-32/h8-10,12-22,24,28-29,35-36,38H,11,25-27H2,1-7H3/t35-,36-,38-,53?/m1/s1. The Labute approximate surface area is 312 Å². The first-order chi connectivity index (χ1) is 25.5. The smallest absolute Gasteiger partial charge is 0.332 e. The molecule has 0 radical (unpaired) electrons. The Kier molecular flexibility index (Phi) is 13.6. The van der Waals surface area contributed by atoms with E-state index in [2.05, 4.69) is 38.4 Å². The first-order valence-electron chi connectivity index (χ1n) is 17.7. The largest absolute Gasteiger partial charge is 0.497 e. The summed E-state index contributed by atoms with van der Waals surface area (Å²) in [4.78, 5) is 25.7. The topological polar surface area (TPSA) is 126 Å². The molecule has 2 heterocycles. The van der Waals surface area contributed by atoms with Crippen LogP contribution in [0.15, 0.2) is 101 Å². The van der Waals surface area contributed by atoms with Gasteiger partial charge in [-0.3, -0.25) is 13.9 Å². The van der Waals surface area contributed by atoms with Gasteiger partial charge in [0.25, 0.3) is 14.1 Å². The fraction of sp³-hybridized carbons (Fsp3) is 0.425. The number of ether oxygens (including phenoxy) is 4. The third kappa shape index (κ3) is 8.90. The minimum atomic E-state index is -1.66. The Morgan fingerprint density at radius 2 is 1.45 bits per heavy atom. The van der Waals surface area contributed by atoms with Crippen molar-refractivity contribution in [3.8, 4) is 17.6 Å². The fourth-order valence-corrected chi connectivity index (χ4v) is 8.39. The van der Waals surface area contributed by atoms with Crippen LogP contribution in [0.5, 0.6) is 11.5 Å². The number of methoxy groups -OCH3 is 2. The minimum absolute atomic E-state index is 0.0410. The second-order valence-corrected chi connectivity index (χ2v) is 14.7. The lowest BCUT2D eigenvalue weighted by atomic mass is 9.80. The van der Waals surface area contributed by atoms with E-state index in [0.717, 1.165) is 21.3 Å². The number of nitrogens with zero attached hydrogens (tertiary/aromatic N) is 4. The average molecular weight is 745 g/mol. The molecule has 0 amide bonds. The Balaban J connectivity index is 1.60. The van der Waals surface area contributed by atoms with Crippen LogP contribution < -0.4 is 20.7 Å². The first kappa shape index (κ1) is 39.9. The molecular weight excluding hydrogens is 695 g/mol. The number of benzene rings is 3. The Hall–Kier alpha value is -4.34. The summed E-state index contributed by atoms with van der Waals surface area (Å²) in [7, 11) is 3.03. The molecule has 1 fully saturated rings. The highest BCUT2D eigenvalue weighted by atomic mass is 31.2. The summed E-state index contributed by atoms with van der Waals surface area (Å²) >= 11 is 0. The molecule has 1 aromatic heterocycles. The molecule has 0 saturated carbocycles. The van der Waals surface area contributed by atoms with Crippen LogP contribution >= 0.6 is 8.53 Å². The fourth-order valence-electron chi connectivity index (χ4n) is 6.63. The van der Waals surface area contributed by atoms with Crippen molar-refractivity contribution >= 4 is 8.53 Å². The maximum Gasteiger partial charge on any atom is 0.332 e. The summed E-state index contributed by atoms with van der Waals surface area (Å²) in [6, 6.07) is 29.1. The zero-order valence-electron chi connectivity index (χ0n) is 31.4. The van der Waals surface area contributed by atoms with Crippen molar-refractivity contribution in [2.45, 2.75) is 76.7 Å². The van der Waals surface area contributed by atoms with Crippen LogP contribution in [0.1, 0.15) is 63.5 Å². The normalized spacial score (nSPS) is 18.0. The van der Waals surface area contributed by atoms with Gasteiger partial charge in [-0.05, 0) is 68.7 Å². The van der Waals surface area contributed by atoms with Gasteiger partial charge in [0.05, 0.1) is 46.0 Å². The van der Waals surface area contributed by atoms with E-state index in [1.165, 1.54) is 23.9 Å². The zero-order valence-corrected chi connectivity index (χ0v) is 32.3. The molecule has 4 aromatic rings. The van der Waals surface area contributed by atoms with Crippen LogP contribution in [-0.4, -0.2) is 65.5 Å². The van der Waals surface area contributed by atoms with E-state index in [-0.39, 0.29) is 38.1 Å². The van der Waals surface area contributed by atoms with Gasteiger partial charge in [0.2, 0.25) is 0 Å². The van der Waals surface area contributed by atoms with Gasteiger partial charge in [0, 0.05) is 37.8 Å². The van der Waals surface area contributed by atoms with Crippen LogP contribution in [0, 0.1) is 11.3 Å². The molecule has 1 aliphatic rings. The molecule has 1 saturated heterocycles. The number of hydrogen-bond donors (Lipinski definition) is 0. The SMILES string of the molecule is COc1ccc(C(OC[C@H]2O[C@@H](n3ccc(=O)n(C)c3=O)C[C@H]2OP(OCCC#N)N(C(C)C)C(C)C)(c2ccccc2)c2ccc(OC)cc2)cc1. The van der Waals surface area contributed by atoms with Crippen molar-refractivity contribution in [2.75, 3.05) is 27.4 Å². The summed E-state index contributed by atoms with van der Waals surface area (Å²) in [5.41, 5.74) is 0.533. The maximum atomic E-state index is 13.3. The third-order valence-corrected chi connectivity index (χ3v) is 11.4. The van der Waals surface area contributed by atoms with Crippen molar-refractivity contribution in [3.05, 3.63) is 129 Å². The minimum Gasteiger partial charge on any atom is -0.497 e. The first-order valence-corrected chi connectivity index (χ1v) is 18.8. The van der Waals surface area contributed by atoms with Crippen LogP contribution in [0.2, 0.25) is 0 Å². The highest BCUT2D eigenvalue weighted by Crippen LogP contribution is 2.50. The molecule has 0 bridgehead atoms. The molecule has 282 valence electrons. The molecule has 13 heteroatoms. The van der Waals surface area contributed by atoms with Crippen LogP contribution in [0.25, 0.3) is 0 Å². The van der Waals surface area contributed by atoms with Gasteiger partial charge >= 0.3 is 5.69 Å². The van der Waals surface area contributed by atoms with E-state index in [1.54, 1.807) is 14.2 Å². The van der Waals surface area contributed by atoms with Crippen molar-refractivity contribution in [1.29, 1.82) is 5.26 Å². The molecule has 0 aliphatic carbocycles. The predicted octanol–water partition coefficient (Wildman–Crippen LogP) is 6.52. The van der Waals surface area contributed by atoms with Crippen molar-refractivity contribution in [1.82, 2.24) is 13.8 Å². The third-order valence-electron chi connectivity index (χ3n) is 9.23. The van der Waals surface area contributed by atoms with Crippen LogP contribution in [0.4, 0.5) is 0 Å². The number of hydrogen-bond acceptors (Lipinski definition) is 10. The molecule has 1 unspecified atom stereocenters. The summed E-state index contributed by atoms with van der Waals surface area (Å²) in [6.45, 7) is 8.53. The quantitative estimate of drug-likeness (QED) is 0.0670. The molecule has 1 aliphatic heterocycles. The number of nitriles is 1. The van der Waals surface area contributed by atoms with Gasteiger partial charge in [-0.15, -0.1) is 0 Å². The van der Waals surface area contributed by atoms with E-state index < -0.39 is 43.8 Å². The van der Waals surface area contributed by atoms with Crippen LogP contribution in [0.3, 0.4) is 0 Å². The van der Waals surface area contributed by atoms with E-state index in [9.17, 15) is 14.9 Å². The second kappa shape index (κ2) is 18.1. The molecule has 0 spiro atoms. The summed E-state index contributed by atoms with van der Waals surface area (Å²) < 4.78 is 42.7. The van der Waals surface area contributed by atoms with Gasteiger partial charge in [-0.1, -0.05) is 54.6 Å². The molecule has 5 rings (SSSR count). The van der Waals surface area contributed by atoms with Gasteiger partial charge < -0.3 is 28.0 Å². The monoisotopic (exact) mass is 744 g/mol. The highest BCUT2D eigenvalue weighted by Gasteiger charge is 2.45. The average Bonchev–Trinajstić information content (AvgIpc) is 3.56. The predicted molar refractivity (Wildman–Crippen MR) is 203 cm³/mol. The van der Waals surface area contributed by atoms with Crippen LogP contribution in [-0.2, 0) is 31.2 Å². The Morgan fingerprint density at radius 1 is 0.887 bits per heavy atom. The van der Waals surface area contributed by atoms with E-state index in [4.69, 9.17) is 28.0 Å². The van der Waals surface area contributed by atoms with Gasteiger partial charge in [0.1, 0.15) is 29.4 Å². The maximum absolute atomic E-state index is 13.3. The number of rotatable bonds is 17. The lowest BCUT2D eigenvalue weighted by molar-refractivity contribution is -0.0927. The summed E-state index contributed by atoms with van der Waals surface area (Å²) in [5.74, 6) is 1.40. The van der Waals surface area contributed by atoms with Gasteiger partial charge in [-0.25, -0.2) is 9.46 Å². The molecule has 4 atom stereocenters. The molecule has 3 aromatic carbocycles. The van der Waals surface area contributed by atoms with Gasteiger partial charge in [-0.2, -0.15) is 5.26 Å². The summed E-state index contributed by atoms with van der Waals surface area (Å²) in [5, 5.41) is 9.29. The van der Waals surface area contributed by atoms with Crippen molar-refractivity contribution in [2.24, 2.45) is 7.05 Å². The Morgan fingerprint density at radius 3 is 1.98 bits per heavy atom. The van der Waals surface area contributed by atoms with E-state index in [1.807, 2.05) is 78.9 Å². The zero-order chi connectivity index (χ0) is 38.1. The molecule has 12 nitrogen and oxygen atoms in total. The molecule has 0 N–H and O–H groups in total. The Bertz CT molecular complexity index is 1870. The molecule has 53 heavy (non-hydrogen) atoms. The van der Waals surface area contributed by atoms with Crippen molar-refractivity contribution < 1.29 is 28.0 Å². The molecular formula is C40H49N4O8P. The lowest BCUT2D eigenvalue weighted by Crippen LogP contribution is -2.40. The van der Waals surface area contributed by atoms with E-state index >= 15 is 0 Å². The number of aromatic nitrogens is 2.